The maximum Gasteiger partial charge on any atom is 0.275 e. The van der Waals surface area contributed by atoms with E-state index in [0.717, 1.165) is 50.2 Å². The molecule has 31 heavy (non-hydrogen) atoms. The fourth-order valence-corrected chi connectivity index (χ4v) is 3.98. The van der Waals surface area contributed by atoms with Gasteiger partial charge in [-0.15, -0.1) is 0 Å². The van der Waals surface area contributed by atoms with E-state index in [1.54, 1.807) is 6.08 Å². The highest BCUT2D eigenvalue weighted by atomic mass is 16.3. The first-order chi connectivity index (χ1) is 15.0. The standard InChI is InChI=1S/C13H17N3O3.C8H9NO.C2H6/c17-8-14-6-10-5-13(10)1-3-16(4-2-13)12(18)11-7-19-9-15-11;1-3-7-4-6(2)10-8(7)5-9;1-2/h7-10H,1-6H2,(H,14,17);3-5,9H,1H2,2H3;1-2H3. The van der Waals surface area contributed by atoms with E-state index in [1.165, 1.54) is 25.3 Å². The fourth-order valence-electron chi connectivity index (χ4n) is 3.98. The molecule has 2 N–H and O–H groups in total. The van der Waals surface area contributed by atoms with Gasteiger partial charge in [0.25, 0.3) is 5.91 Å². The van der Waals surface area contributed by atoms with Crippen molar-refractivity contribution < 1.29 is 18.4 Å². The Hall–Kier alpha value is -3.16. The first-order valence-electron chi connectivity index (χ1n) is 10.6. The first-order valence-corrected chi connectivity index (χ1v) is 10.6. The van der Waals surface area contributed by atoms with Crippen molar-refractivity contribution in [3.8, 4) is 0 Å². The highest BCUT2D eigenvalue weighted by molar-refractivity contribution is 5.92. The molecule has 1 unspecified atom stereocenters. The summed E-state index contributed by atoms with van der Waals surface area (Å²) in [6.07, 6.45) is 9.49. The Morgan fingerprint density at radius 1 is 1.42 bits per heavy atom. The molecule has 1 saturated carbocycles. The Kier molecular flexibility index (Phi) is 8.78. The molecule has 1 saturated heterocycles. The van der Waals surface area contributed by atoms with E-state index in [-0.39, 0.29) is 5.91 Å². The lowest BCUT2D eigenvalue weighted by atomic mass is 9.90. The van der Waals surface area contributed by atoms with Crippen LogP contribution in [-0.4, -0.2) is 48.1 Å². The van der Waals surface area contributed by atoms with Gasteiger partial charge in [0.05, 0.1) is 6.21 Å². The minimum Gasteiger partial charge on any atom is -0.460 e. The van der Waals surface area contributed by atoms with Crippen LogP contribution in [0.3, 0.4) is 0 Å². The molecule has 2 aromatic rings. The third-order valence-electron chi connectivity index (χ3n) is 5.77. The molecule has 8 nitrogen and oxygen atoms in total. The number of nitrogens with zero attached hydrogens (tertiary/aromatic N) is 2. The lowest BCUT2D eigenvalue weighted by Gasteiger charge is -2.32. The van der Waals surface area contributed by atoms with Gasteiger partial charge in [-0.05, 0) is 43.6 Å². The molecule has 2 aliphatic rings. The molecule has 1 spiro atoms. The van der Waals surface area contributed by atoms with Gasteiger partial charge < -0.3 is 24.5 Å². The maximum atomic E-state index is 12.1. The van der Waals surface area contributed by atoms with Crippen LogP contribution >= 0.6 is 0 Å². The summed E-state index contributed by atoms with van der Waals surface area (Å²) in [5.74, 6) is 1.93. The van der Waals surface area contributed by atoms with Crippen molar-refractivity contribution in [2.75, 3.05) is 19.6 Å². The highest BCUT2D eigenvalue weighted by Crippen LogP contribution is 2.59. The van der Waals surface area contributed by atoms with Gasteiger partial charge in [-0.25, -0.2) is 4.98 Å². The van der Waals surface area contributed by atoms with Gasteiger partial charge >= 0.3 is 0 Å². The Morgan fingerprint density at radius 2 is 2.13 bits per heavy atom. The molecule has 168 valence electrons. The van der Waals surface area contributed by atoms with Crippen LogP contribution in [-0.2, 0) is 4.79 Å². The largest absolute Gasteiger partial charge is 0.460 e. The minimum atomic E-state index is -0.0492. The van der Waals surface area contributed by atoms with E-state index in [0.29, 0.717) is 22.8 Å². The third kappa shape index (κ3) is 5.93. The predicted octanol–water partition coefficient (Wildman–Crippen LogP) is 3.92. The molecule has 2 aromatic heterocycles. The Bertz CT molecular complexity index is 839. The third-order valence-corrected chi connectivity index (χ3v) is 5.77. The molecule has 4 rings (SSSR count). The minimum absolute atomic E-state index is 0.0492. The first kappa shape index (κ1) is 24.1. The quantitative estimate of drug-likeness (QED) is 0.535. The average Bonchev–Trinajstić information content (AvgIpc) is 3.17. The average molecular weight is 429 g/mol. The summed E-state index contributed by atoms with van der Waals surface area (Å²) in [5.41, 5.74) is 1.62. The Morgan fingerprint density at radius 3 is 2.65 bits per heavy atom. The van der Waals surface area contributed by atoms with Gasteiger partial charge in [-0.2, -0.15) is 0 Å². The van der Waals surface area contributed by atoms with Gasteiger partial charge in [0.1, 0.15) is 12.0 Å². The summed E-state index contributed by atoms with van der Waals surface area (Å²) >= 11 is 0. The van der Waals surface area contributed by atoms with Gasteiger partial charge in [-0.1, -0.05) is 26.5 Å². The van der Waals surface area contributed by atoms with Gasteiger partial charge in [0.15, 0.2) is 17.8 Å². The Labute approximate surface area is 183 Å². The number of piperidine rings is 1. The van der Waals surface area contributed by atoms with Crippen molar-refractivity contribution in [1.29, 1.82) is 5.41 Å². The molecule has 3 heterocycles. The van der Waals surface area contributed by atoms with Crippen LogP contribution in [0.2, 0.25) is 0 Å². The summed E-state index contributed by atoms with van der Waals surface area (Å²) in [5, 5.41) is 9.69. The number of carbonyl (C=O) groups excluding carboxylic acids is 2. The van der Waals surface area contributed by atoms with E-state index in [4.69, 9.17) is 14.2 Å². The molecule has 1 aliphatic carbocycles. The molecule has 8 heteroatoms. The topological polar surface area (TPSA) is 112 Å². The SMILES string of the molecule is C=Cc1cc(C)oc1C=N.CC.O=CNCC1CC12CCN(C(=O)c1cocn1)CC2. The van der Waals surface area contributed by atoms with Crippen LogP contribution in [0.1, 0.15) is 60.7 Å². The number of amides is 2. The Balaban J connectivity index is 0.000000241. The number of furan rings is 1. The molecular formula is C23H32N4O4. The smallest absolute Gasteiger partial charge is 0.275 e. The summed E-state index contributed by atoms with van der Waals surface area (Å²) in [7, 11) is 0. The number of aromatic nitrogens is 1. The van der Waals surface area contributed by atoms with Crippen LogP contribution in [0, 0.1) is 23.7 Å². The number of hydrogen-bond donors (Lipinski definition) is 2. The fraction of sp³-hybridized carbons (Fsp3) is 0.478. The molecule has 2 fully saturated rings. The number of oxazole rings is 1. The lowest BCUT2D eigenvalue weighted by molar-refractivity contribution is -0.109. The second-order valence-corrected chi connectivity index (χ2v) is 7.48. The second kappa shape index (κ2) is 11.3. The molecular weight excluding hydrogens is 396 g/mol. The number of rotatable bonds is 6. The summed E-state index contributed by atoms with van der Waals surface area (Å²) in [6, 6.07) is 1.85. The molecule has 1 atom stereocenters. The molecule has 0 radical (unpaired) electrons. The van der Waals surface area contributed by atoms with E-state index in [2.05, 4.69) is 16.9 Å². The van der Waals surface area contributed by atoms with Crippen LogP contribution < -0.4 is 5.32 Å². The summed E-state index contributed by atoms with van der Waals surface area (Å²) < 4.78 is 9.98. The normalized spacial score (nSPS) is 18.0. The van der Waals surface area contributed by atoms with Crippen LogP contribution in [0.15, 0.2) is 34.1 Å². The van der Waals surface area contributed by atoms with E-state index in [1.807, 2.05) is 31.7 Å². The van der Waals surface area contributed by atoms with Crippen LogP contribution in [0.5, 0.6) is 0 Å². The predicted molar refractivity (Wildman–Crippen MR) is 119 cm³/mol. The second-order valence-electron chi connectivity index (χ2n) is 7.48. The molecule has 2 amide bonds. The van der Waals surface area contributed by atoms with Crippen molar-refractivity contribution in [2.45, 2.75) is 40.0 Å². The van der Waals surface area contributed by atoms with Crippen molar-refractivity contribution in [2.24, 2.45) is 11.3 Å². The lowest BCUT2D eigenvalue weighted by Crippen LogP contribution is -2.40. The van der Waals surface area contributed by atoms with Gasteiger partial charge in [-0.3, -0.25) is 9.59 Å². The number of carbonyl (C=O) groups is 2. The summed E-state index contributed by atoms with van der Waals surface area (Å²) in [4.78, 5) is 28.1. The van der Waals surface area contributed by atoms with Crippen LogP contribution in [0.4, 0.5) is 0 Å². The maximum absolute atomic E-state index is 12.1. The van der Waals surface area contributed by atoms with Crippen molar-refractivity contribution in [1.82, 2.24) is 15.2 Å². The number of aryl methyl sites for hydroxylation is 1. The highest BCUT2D eigenvalue weighted by Gasteiger charge is 2.54. The summed E-state index contributed by atoms with van der Waals surface area (Å²) in [6.45, 7) is 11.7. The van der Waals surface area contributed by atoms with E-state index in [9.17, 15) is 9.59 Å². The number of nitrogens with one attached hydrogen (secondary N) is 2. The zero-order chi connectivity index (χ0) is 22.9. The van der Waals surface area contributed by atoms with E-state index < -0.39 is 0 Å². The molecule has 0 aromatic carbocycles. The van der Waals surface area contributed by atoms with Gasteiger partial charge in [0, 0.05) is 25.2 Å². The number of likely N-dealkylation sites (tertiary alicyclic amines) is 1. The number of hydrogen-bond acceptors (Lipinski definition) is 6. The van der Waals surface area contributed by atoms with Crippen molar-refractivity contribution in [3.05, 3.63) is 48.1 Å². The zero-order valence-electron chi connectivity index (χ0n) is 18.5. The molecule has 1 aliphatic heterocycles. The van der Waals surface area contributed by atoms with Gasteiger partial charge in [0.2, 0.25) is 6.41 Å². The zero-order valence-corrected chi connectivity index (χ0v) is 18.5. The van der Waals surface area contributed by atoms with Crippen molar-refractivity contribution in [3.63, 3.8) is 0 Å². The molecule has 0 bridgehead atoms. The monoisotopic (exact) mass is 428 g/mol. The van der Waals surface area contributed by atoms with Crippen molar-refractivity contribution >= 4 is 24.6 Å². The van der Waals surface area contributed by atoms with E-state index >= 15 is 0 Å². The van der Waals surface area contributed by atoms with Crippen LogP contribution in [0.25, 0.3) is 6.08 Å².